The highest BCUT2D eigenvalue weighted by Gasteiger charge is 2.32. The zero-order valence-corrected chi connectivity index (χ0v) is 26.3. The molecule has 1 aliphatic carbocycles. The van der Waals surface area contributed by atoms with Crippen molar-refractivity contribution in [2.24, 2.45) is 5.41 Å². The number of hydrogen-bond acceptors (Lipinski definition) is 10. The summed E-state index contributed by atoms with van der Waals surface area (Å²) in [6, 6.07) is 10.6. The third kappa shape index (κ3) is 9.92. The summed E-state index contributed by atoms with van der Waals surface area (Å²) in [5.74, 6) is -2.06. The Labute approximate surface area is 262 Å². The van der Waals surface area contributed by atoms with Crippen molar-refractivity contribution in [3.63, 3.8) is 0 Å². The van der Waals surface area contributed by atoms with E-state index in [9.17, 15) is 22.5 Å². The van der Waals surface area contributed by atoms with Crippen molar-refractivity contribution in [2.75, 3.05) is 50.2 Å². The Morgan fingerprint density at radius 2 is 1.91 bits per heavy atom. The highest BCUT2D eigenvalue weighted by Crippen LogP contribution is 2.32. The Balaban J connectivity index is 1.23. The highest BCUT2D eigenvalue weighted by molar-refractivity contribution is 7.89. The summed E-state index contributed by atoms with van der Waals surface area (Å²) in [5.41, 5.74) is 1.01. The van der Waals surface area contributed by atoms with E-state index < -0.39 is 21.2 Å². The van der Waals surface area contributed by atoms with E-state index in [1.807, 2.05) is 35.9 Å². The van der Waals surface area contributed by atoms with Crippen molar-refractivity contribution >= 4 is 33.3 Å². The van der Waals surface area contributed by atoms with Crippen LogP contribution in [0.15, 0.2) is 30.5 Å². The number of nitrogens with zero attached hydrogens (tertiary/aromatic N) is 3. The van der Waals surface area contributed by atoms with Crippen LogP contribution in [0.2, 0.25) is 5.02 Å². The molecule has 2 fully saturated rings. The van der Waals surface area contributed by atoms with Crippen molar-refractivity contribution in [2.45, 2.75) is 69.3 Å². The largest absolute Gasteiger partial charge is 0.381 e. The molecule has 1 saturated carbocycles. The number of sulfonamides is 1. The predicted octanol–water partition coefficient (Wildman–Crippen LogP) is 4.39. The fourth-order valence-electron chi connectivity index (χ4n) is 5.39. The lowest BCUT2D eigenvalue weighted by Gasteiger charge is -2.32. The smallest absolute Gasteiger partial charge is 0.350 e. The number of alkyl halides is 2. The van der Waals surface area contributed by atoms with Gasteiger partial charge in [-0.1, -0.05) is 17.7 Å². The molecule has 0 amide bonds. The van der Waals surface area contributed by atoms with Gasteiger partial charge in [-0.15, -0.1) is 0 Å². The second kappa shape index (κ2) is 16.1. The van der Waals surface area contributed by atoms with Gasteiger partial charge in [-0.3, -0.25) is 0 Å². The molecule has 0 bridgehead atoms. The zero-order valence-electron chi connectivity index (χ0n) is 24.7. The summed E-state index contributed by atoms with van der Waals surface area (Å²) in [4.78, 5) is 9.25. The lowest BCUT2D eigenvalue weighted by Crippen LogP contribution is -2.43. The fraction of sp³-hybridized carbons (Fsp3) is 0.621. The molecule has 4 N–H and O–H groups in total. The van der Waals surface area contributed by atoms with Crippen LogP contribution in [0.5, 0.6) is 0 Å². The standard InChI is InChI=1S/C29H40ClF2N7O4S/c1-20(17-43-14-11-36-44(40,41)28(31)32)37-21-5-7-22(8-6-21)38-27-15-23(24(30)16-34-27)25-3-2-4-26(39-25)35-19-29(18-33)9-12-42-13-10-29/h2-4,15-16,20-22,28,36-37H,5-14,17,19H2,1H3,(H,34,38)(H,35,39)/t20?,21-,22-. The SMILES string of the molecule is CC(COCCNS(=O)(=O)C(F)F)N[C@H]1CC[C@H](Nc2cc(-c3cccc(NCC4(C#N)CCOCC4)n3)c(Cl)cn2)CC1. The first kappa shape index (κ1) is 34.2. The number of ether oxygens (including phenoxy) is 2. The van der Waals surface area contributed by atoms with E-state index in [0.717, 1.165) is 37.1 Å². The Hall–Kier alpha value is -2.67. The van der Waals surface area contributed by atoms with E-state index in [-0.39, 0.29) is 25.2 Å². The predicted molar refractivity (Wildman–Crippen MR) is 165 cm³/mol. The molecule has 4 rings (SSSR count). The summed E-state index contributed by atoms with van der Waals surface area (Å²) in [6.45, 7) is 3.79. The molecule has 1 unspecified atom stereocenters. The van der Waals surface area contributed by atoms with E-state index in [0.29, 0.717) is 61.8 Å². The molecule has 44 heavy (non-hydrogen) atoms. The van der Waals surface area contributed by atoms with E-state index >= 15 is 0 Å². The molecule has 2 aromatic rings. The molecule has 1 atom stereocenters. The van der Waals surface area contributed by atoms with Gasteiger partial charge in [0.15, 0.2) is 0 Å². The van der Waals surface area contributed by atoms with Crippen LogP contribution < -0.4 is 20.7 Å². The first-order valence-electron chi connectivity index (χ1n) is 14.8. The Kier molecular flexibility index (Phi) is 12.5. The van der Waals surface area contributed by atoms with Gasteiger partial charge < -0.3 is 25.4 Å². The fourth-order valence-corrected chi connectivity index (χ4v) is 6.08. The minimum absolute atomic E-state index is 0.0127. The lowest BCUT2D eigenvalue weighted by atomic mass is 9.82. The molecule has 3 heterocycles. The quantitative estimate of drug-likeness (QED) is 0.204. The van der Waals surface area contributed by atoms with Crippen molar-refractivity contribution < 1.29 is 26.7 Å². The number of nitrogens with one attached hydrogen (secondary N) is 4. The van der Waals surface area contributed by atoms with E-state index in [1.165, 1.54) is 0 Å². The average molecular weight is 656 g/mol. The van der Waals surface area contributed by atoms with Crippen LogP contribution >= 0.6 is 11.6 Å². The van der Waals surface area contributed by atoms with Gasteiger partial charge in [0.2, 0.25) is 0 Å². The summed E-state index contributed by atoms with van der Waals surface area (Å²) in [6.07, 6.45) is 6.76. The van der Waals surface area contributed by atoms with Gasteiger partial charge in [0.05, 0.1) is 35.4 Å². The van der Waals surface area contributed by atoms with Crippen LogP contribution in [-0.4, -0.2) is 81.8 Å². The number of rotatable bonds is 15. The second-order valence-electron chi connectivity index (χ2n) is 11.4. The monoisotopic (exact) mass is 655 g/mol. The van der Waals surface area contributed by atoms with Gasteiger partial charge in [0, 0.05) is 56.2 Å². The average Bonchev–Trinajstić information content (AvgIpc) is 3.02. The van der Waals surface area contributed by atoms with Gasteiger partial charge in [0.1, 0.15) is 11.6 Å². The Morgan fingerprint density at radius 1 is 1.18 bits per heavy atom. The van der Waals surface area contributed by atoms with Crippen LogP contribution in [0.25, 0.3) is 11.3 Å². The van der Waals surface area contributed by atoms with Crippen LogP contribution in [0.1, 0.15) is 45.4 Å². The van der Waals surface area contributed by atoms with Crippen molar-refractivity contribution in [3.05, 3.63) is 35.5 Å². The van der Waals surface area contributed by atoms with Gasteiger partial charge in [-0.2, -0.15) is 14.0 Å². The van der Waals surface area contributed by atoms with Gasteiger partial charge >= 0.3 is 5.76 Å². The lowest BCUT2D eigenvalue weighted by molar-refractivity contribution is 0.0455. The molecule has 242 valence electrons. The summed E-state index contributed by atoms with van der Waals surface area (Å²) in [5, 5.41) is 20.6. The van der Waals surface area contributed by atoms with Gasteiger partial charge in [0.25, 0.3) is 10.0 Å². The van der Waals surface area contributed by atoms with Crippen LogP contribution in [0.4, 0.5) is 20.4 Å². The molecule has 0 aromatic carbocycles. The van der Waals surface area contributed by atoms with Crippen molar-refractivity contribution in [3.8, 4) is 17.3 Å². The summed E-state index contributed by atoms with van der Waals surface area (Å²) in [7, 11) is -4.59. The Morgan fingerprint density at radius 3 is 2.61 bits per heavy atom. The molecule has 0 radical (unpaired) electrons. The van der Waals surface area contributed by atoms with Crippen molar-refractivity contribution in [1.82, 2.24) is 20.0 Å². The molecule has 11 nitrogen and oxygen atoms in total. The molecule has 0 spiro atoms. The molecular weight excluding hydrogens is 616 g/mol. The van der Waals surface area contributed by atoms with E-state index in [4.69, 9.17) is 26.1 Å². The molecule has 1 aliphatic heterocycles. The summed E-state index contributed by atoms with van der Waals surface area (Å²) >= 11 is 6.54. The molecule has 15 heteroatoms. The molecule has 1 saturated heterocycles. The minimum Gasteiger partial charge on any atom is -0.381 e. The topological polar surface area (TPSA) is 150 Å². The normalized spacial score (nSPS) is 21.0. The van der Waals surface area contributed by atoms with E-state index in [1.54, 1.807) is 6.20 Å². The second-order valence-corrected chi connectivity index (χ2v) is 13.5. The maximum atomic E-state index is 12.3. The number of halogens is 3. The van der Waals surface area contributed by atoms with Crippen LogP contribution in [0, 0.1) is 16.7 Å². The first-order chi connectivity index (χ1) is 21.1. The molecular formula is C29H40ClF2N7O4S. The number of anilines is 2. The number of pyridine rings is 2. The van der Waals surface area contributed by atoms with Gasteiger partial charge in [-0.25, -0.2) is 23.1 Å². The van der Waals surface area contributed by atoms with Gasteiger partial charge in [-0.05, 0) is 63.6 Å². The maximum Gasteiger partial charge on any atom is 0.350 e. The van der Waals surface area contributed by atoms with Crippen LogP contribution in [0.3, 0.4) is 0 Å². The number of aromatic nitrogens is 2. The third-order valence-electron chi connectivity index (χ3n) is 7.93. The highest BCUT2D eigenvalue weighted by atomic mass is 35.5. The molecule has 2 aromatic heterocycles. The van der Waals surface area contributed by atoms with Crippen molar-refractivity contribution in [1.29, 1.82) is 5.26 Å². The zero-order chi connectivity index (χ0) is 31.6. The molecule has 2 aliphatic rings. The number of nitriles is 1. The maximum absolute atomic E-state index is 12.3. The first-order valence-corrected chi connectivity index (χ1v) is 16.7. The Bertz CT molecular complexity index is 1370. The number of hydrogen-bond donors (Lipinski definition) is 4. The summed E-state index contributed by atoms with van der Waals surface area (Å²) < 4.78 is 59.5. The minimum atomic E-state index is -4.59. The third-order valence-corrected chi connectivity index (χ3v) is 9.30. The van der Waals surface area contributed by atoms with E-state index in [2.05, 4.69) is 27.0 Å². The van der Waals surface area contributed by atoms with Crippen LogP contribution in [-0.2, 0) is 19.5 Å².